The summed E-state index contributed by atoms with van der Waals surface area (Å²) in [6.45, 7) is 6.73. The lowest BCUT2D eigenvalue weighted by atomic mass is 9.68. The monoisotopic (exact) mass is 492 g/mol. The molecule has 5 rings (SSSR count). The lowest BCUT2D eigenvalue weighted by Gasteiger charge is -2.44. The van der Waals surface area contributed by atoms with Crippen molar-refractivity contribution in [3.05, 3.63) is 0 Å². The maximum Gasteiger partial charge on any atom is 0.226 e. The van der Waals surface area contributed by atoms with Crippen LogP contribution < -0.4 is 16.0 Å². The molecule has 6 nitrogen and oxygen atoms in total. The molecule has 3 heterocycles. The third-order valence-corrected chi connectivity index (χ3v) is 11.0. The van der Waals surface area contributed by atoms with Crippen LogP contribution in [-0.2, 0) is 9.53 Å². The van der Waals surface area contributed by atoms with E-state index < -0.39 is 0 Å². The zero-order valence-corrected chi connectivity index (χ0v) is 22.3. The highest BCUT2D eigenvalue weighted by Gasteiger charge is 2.44. The summed E-state index contributed by atoms with van der Waals surface area (Å²) >= 11 is 1.97. The smallest absolute Gasteiger partial charge is 0.226 e. The van der Waals surface area contributed by atoms with E-state index in [-0.39, 0.29) is 17.3 Å². The van der Waals surface area contributed by atoms with E-state index in [2.05, 4.69) is 27.8 Å². The maximum absolute atomic E-state index is 13.6. The summed E-state index contributed by atoms with van der Waals surface area (Å²) < 4.78 is 5.91. The van der Waals surface area contributed by atoms with Crippen LogP contribution in [0, 0.1) is 23.7 Å². The molecular formula is C27H48N4O2S. The van der Waals surface area contributed by atoms with Crippen LogP contribution in [0.3, 0.4) is 0 Å². The quantitative estimate of drug-likeness (QED) is 0.527. The molecule has 0 bridgehead atoms. The molecule has 8 unspecified atom stereocenters. The number of carbonyl (C=O) groups excluding carboxylic acids is 1. The SMILES string of the molecule is COC1CCCCC1C1CC(C)NCC1C(=O)NC1NC2CCN(CC3CCCCC3)CC2S1. The summed E-state index contributed by atoms with van der Waals surface area (Å²) in [5.74, 6) is 2.13. The summed E-state index contributed by atoms with van der Waals surface area (Å²) in [7, 11) is 1.86. The van der Waals surface area contributed by atoms with Crippen LogP contribution in [0.15, 0.2) is 0 Å². The van der Waals surface area contributed by atoms with Gasteiger partial charge in [-0.3, -0.25) is 10.1 Å². The normalized spacial score (nSPS) is 42.3. The minimum Gasteiger partial charge on any atom is -0.381 e. The highest BCUT2D eigenvalue weighted by molar-refractivity contribution is 8.00. The first-order chi connectivity index (χ1) is 16.6. The van der Waals surface area contributed by atoms with Gasteiger partial charge in [-0.15, -0.1) is 11.8 Å². The second-order valence-corrected chi connectivity index (χ2v) is 13.3. The van der Waals surface area contributed by atoms with Crippen molar-refractivity contribution in [2.75, 3.05) is 33.3 Å². The fourth-order valence-corrected chi connectivity index (χ4v) is 9.22. The van der Waals surface area contributed by atoms with E-state index in [1.165, 1.54) is 77.4 Å². The van der Waals surface area contributed by atoms with Crippen LogP contribution in [0.25, 0.3) is 0 Å². The van der Waals surface area contributed by atoms with Crippen LogP contribution in [-0.4, -0.2) is 73.0 Å². The van der Waals surface area contributed by atoms with Crippen molar-refractivity contribution < 1.29 is 9.53 Å². The molecule has 0 aromatic carbocycles. The molecule has 3 saturated heterocycles. The van der Waals surface area contributed by atoms with E-state index in [1.54, 1.807) is 0 Å². The number of likely N-dealkylation sites (tertiary alicyclic amines) is 1. The molecule has 3 aliphatic heterocycles. The largest absolute Gasteiger partial charge is 0.381 e. The second kappa shape index (κ2) is 11.8. The summed E-state index contributed by atoms with van der Waals surface area (Å²) in [5, 5.41) is 11.4. The molecule has 1 amide bonds. The number of piperidine rings is 2. The van der Waals surface area contributed by atoms with Gasteiger partial charge < -0.3 is 20.3 Å². The molecule has 2 aliphatic carbocycles. The number of methoxy groups -OCH3 is 1. The van der Waals surface area contributed by atoms with E-state index in [9.17, 15) is 4.79 Å². The molecule has 7 heteroatoms. The van der Waals surface area contributed by atoms with Crippen LogP contribution >= 0.6 is 11.8 Å². The zero-order chi connectivity index (χ0) is 23.5. The Morgan fingerprint density at radius 3 is 2.68 bits per heavy atom. The Hall–Kier alpha value is -0.340. The van der Waals surface area contributed by atoms with Crippen molar-refractivity contribution in [3.8, 4) is 0 Å². The van der Waals surface area contributed by atoms with E-state index >= 15 is 0 Å². The van der Waals surface area contributed by atoms with Crippen LogP contribution in [0.5, 0.6) is 0 Å². The molecule has 0 aromatic rings. The highest BCUT2D eigenvalue weighted by Crippen LogP contribution is 2.40. The van der Waals surface area contributed by atoms with E-state index in [0.29, 0.717) is 35.3 Å². The van der Waals surface area contributed by atoms with Gasteiger partial charge in [-0.1, -0.05) is 32.1 Å². The molecule has 0 radical (unpaired) electrons. The fourth-order valence-electron chi connectivity index (χ4n) is 7.73. The maximum atomic E-state index is 13.6. The van der Waals surface area contributed by atoms with Gasteiger partial charge in [0.2, 0.25) is 5.91 Å². The van der Waals surface area contributed by atoms with E-state index in [0.717, 1.165) is 25.3 Å². The summed E-state index contributed by atoms with van der Waals surface area (Å²) in [6.07, 6.45) is 14.6. The number of hydrogen-bond acceptors (Lipinski definition) is 6. The lowest BCUT2D eigenvalue weighted by Crippen LogP contribution is -2.55. The molecule has 3 N–H and O–H groups in total. The average molecular weight is 493 g/mol. The number of hydrogen-bond donors (Lipinski definition) is 3. The first kappa shape index (κ1) is 25.3. The molecule has 34 heavy (non-hydrogen) atoms. The van der Waals surface area contributed by atoms with Gasteiger partial charge in [-0.2, -0.15) is 0 Å². The highest BCUT2D eigenvalue weighted by atomic mass is 32.2. The Morgan fingerprint density at radius 2 is 1.85 bits per heavy atom. The van der Waals surface area contributed by atoms with Crippen molar-refractivity contribution in [2.24, 2.45) is 23.7 Å². The predicted molar refractivity (Wildman–Crippen MR) is 140 cm³/mol. The first-order valence-electron chi connectivity index (χ1n) is 14.3. The number of rotatable bonds is 6. The lowest BCUT2D eigenvalue weighted by molar-refractivity contribution is -0.130. The standard InChI is InChI=1S/C27H48N4O2S/c1-18-14-21(20-10-6-7-11-24(20)33-2)22(15-28-18)26(32)30-27-29-23-12-13-31(17-25(23)34-27)16-19-8-4-3-5-9-19/h18-25,27-29H,3-17H2,1-2H3,(H,30,32). The van der Waals surface area contributed by atoms with Gasteiger partial charge in [0, 0.05) is 44.1 Å². The number of nitrogens with one attached hydrogen (secondary N) is 3. The van der Waals surface area contributed by atoms with Crippen LogP contribution in [0.2, 0.25) is 0 Å². The molecule has 5 fully saturated rings. The summed E-state index contributed by atoms with van der Waals surface area (Å²) in [6, 6.07) is 1.01. The number of ether oxygens (including phenoxy) is 1. The van der Waals surface area contributed by atoms with Gasteiger partial charge in [0.1, 0.15) is 5.50 Å². The van der Waals surface area contributed by atoms with Crippen molar-refractivity contribution >= 4 is 17.7 Å². The van der Waals surface area contributed by atoms with Crippen molar-refractivity contribution in [1.82, 2.24) is 20.9 Å². The minimum absolute atomic E-state index is 0.0461. The first-order valence-corrected chi connectivity index (χ1v) is 15.3. The Kier molecular flexibility index (Phi) is 8.79. The van der Waals surface area contributed by atoms with E-state index in [1.807, 2.05) is 18.9 Å². The van der Waals surface area contributed by atoms with Gasteiger partial charge in [0.05, 0.1) is 12.0 Å². The predicted octanol–water partition coefficient (Wildman–Crippen LogP) is 3.57. The summed E-state index contributed by atoms with van der Waals surface area (Å²) in [4.78, 5) is 16.3. The molecule has 0 spiro atoms. The topological polar surface area (TPSA) is 65.6 Å². The molecule has 194 valence electrons. The Balaban J connectivity index is 1.15. The zero-order valence-electron chi connectivity index (χ0n) is 21.5. The Labute approximate surface area is 211 Å². The average Bonchev–Trinajstić information content (AvgIpc) is 3.26. The fraction of sp³-hybridized carbons (Fsp3) is 0.963. The van der Waals surface area contributed by atoms with Gasteiger partial charge in [0.15, 0.2) is 0 Å². The van der Waals surface area contributed by atoms with Crippen molar-refractivity contribution in [2.45, 2.75) is 106 Å². The number of nitrogens with zero attached hydrogens (tertiary/aromatic N) is 1. The molecule has 0 aromatic heterocycles. The summed E-state index contributed by atoms with van der Waals surface area (Å²) in [5.41, 5.74) is 0.0571. The third kappa shape index (κ3) is 5.96. The van der Waals surface area contributed by atoms with Gasteiger partial charge in [-0.25, -0.2) is 0 Å². The van der Waals surface area contributed by atoms with Gasteiger partial charge >= 0.3 is 0 Å². The van der Waals surface area contributed by atoms with Crippen molar-refractivity contribution in [3.63, 3.8) is 0 Å². The van der Waals surface area contributed by atoms with Gasteiger partial charge in [0.25, 0.3) is 0 Å². The van der Waals surface area contributed by atoms with Gasteiger partial charge in [-0.05, 0) is 69.7 Å². The minimum atomic E-state index is 0.0461. The van der Waals surface area contributed by atoms with Crippen LogP contribution in [0.1, 0.15) is 77.6 Å². The second-order valence-electron chi connectivity index (χ2n) is 11.9. The Bertz CT molecular complexity index is 675. The Morgan fingerprint density at radius 1 is 1.06 bits per heavy atom. The third-order valence-electron chi connectivity index (χ3n) is 9.61. The molecule has 2 saturated carbocycles. The number of fused-ring (bicyclic) bond motifs is 1. The molecule has 8 atom stereocenters. The van der Waals surface area contributed by atoms with Crippen molar-refractivity contribution in [1.29, 1.82) is 0 Å². The van der Waals surface area contributed by atoms with E-state index in [4.69, 9.17) is 4.74 Å². The number of thioether (sulfide) groups is 1. The number of amides is 1. The molecule has 5 aliphatic rings. The number of carbonyl (C=O) groups is 1. The van der Waals surface area contributed by atoms with Crippen LogP contribution in [0.4, 0.5) is 0 Å². The molecular weight excluding hydrogens is 444 g/mol.